The lowest BCUT2D eigenvalue weighted by atomic mass is 9.94. The van der Waals surface area contributed by atoms with E-state index in [1.54, 1.807) is 0 Å². The summed E-state index contributed by atoms with van der Waals surface area (Å²) in [7, 11) is 0. The summed E-state index contributed by atoms with van der Waals surface area (Å²) >= 11 is 3.49. The minimum Gasteiger partial charge on any atom is -0.396 e. The summed E-state index contributed by atoms with van der Waals surface area (Å²) in [6.45, 7) is 3.66. The van der Waals surface area contributed by atoms with Crippen LogP contribution in [0, 0.1) is 5.92 Å². The predicted molar refractivity (Wildman–Crippen MR) is 86.6 cm³/mol. The van der Waals surface area contributed by atoms with Gasteiger partial charge in [-0.15, -0.1) is 0 Å². The van der Waals surface area contributed by atoms with Crippen molar-refractivity contribution >= 4 is 15.9 Å². The molecular weight excluding hydrogens is 316 g/mol. The zero-order chi connectivity index (χ0) is 14.4. The van der Waals surface area contributed by atoms with Gasteiger partial charge in [0.25, 0.3) is 0 Å². The predicted octanol–water partition coefficient (Wildman–Crippen LogP) is 2.93. The zero-order valence-corrected chi connectivity index (χ0v) is 13.6. The SMILES string of the molecule is NC(CCN1CCCC(CCO)C1)c1cccc(Br)c1. The van der Waals surface area contributed by atoms with E-state index in [4.69, 9.17) is 10.8 Å². The highest BCUT2D eigenvalue weighted by Gasteiger charge is 2.19. The van der Waals surface area contributed by atoms with Crippen LogP contribution in [-0.4, -0.2) is 36.2 Å². The summed E-state index contributed by atoms with van der Waals surface area (Å²) < 4.78 is 1.09. The number of nitrogens with zero attached hydrogens (tertiary/aromatic N) is 1. The van der Waals surface area contributed by atoms with Gasteiger partial charge in [0, 0.05) is 23.7 Å². The van der Waals surface area contributed by atoms with Gasteiger partial charge >= 0.3 is 0 Å². The fourth-order valence-corrected chi connectivity index (χ4v) is 3.42. The van der Waals surface area contributed by atoms with Crippen molar-refractivity contribution < 1.29 is 5.11 Å². The summed E-state index contributed by atoms with van der Waals surface area (Å²) in [5.41, 5.74) is 7.48. The number of nitrogens with two attached hydrogens (primary N) is 1. The number of piperidine rings is 1. The Kier molecular flexibility index (Phi) is 6.49. The van der Waals surface area contributed by atoms with Crippen molar-refractivity contribution in [1.29, 1.82) is 0 Å². The number of aliphatic hydroxyl groups excluding tert-OH is 1. The lowest BCUT2D eigenvalue weighted by Crippen LogP contribution is -2.37. The topological polar surface area (TPSA) is 49.5 Å². The van der Waals surface area contributed by atoms with E-state index in [0.717, 1.165) is 30.4 Å². The molecule has 3 nitrogen and oxygen atoms in total. The molecule has 0 aliphatic carbocycles. The maximum absolute atomic E-state index is 9.05. The molecule has 0 radical (unpaired) electrons. The molecular formula is C16H25BrN2O. The van der Waals surface area contributed by atoms with Crippen LogP contribution in [0.4, 0.5) is 0 Å². The number of hydrogen-bond acceptors (Lipinski definition) is 3. The van der Waals surface area contributed by atoms with Crippen molar-refractivity contribution in [2.45, 2.75) is 31.7 Å². The van der Waals surface area contributed by atoms with E-state index in [0.29, 0.717) is 12.5 Å². The van der Waals surface area contributed by atoms with Crippen LogP contribution < -0.4 is 5.73 Å². The van der Waals surface area contributed by atoms with Crippen molar-refractivity contribution in [3.05, 3.63) is 34.3 Å². The molecule has 1 fully saturated rings. The third-order valence-corrected chi connectivity index (χ3v) is 4.67. The first-order valence-corrected chi connectivity index (χ1v) is 8.32. The first-order valence-electron chi connectivity index (χ1n) is 7.53. The van der Waals surface area contributed by atoms with Gasteiger partial charge in [-0.25, -0.2) is 0 Å². The fourth-order valence-electron chi connectivity index (χ4n) is 3.00. The Bertz CT molecular complexity index is 411. The van der Waals surface area contributed by atoms with Gasteiger partial charge < -0.3 is 15.7 Å². The van der Waals surface area contributed by atoms with Gasteiger partial charge in [0.15, 0.2) is 0 Å². The third-order valence-electron chi connectivity index (χ3n) is 4.17. The standard InChI is InChI=1S/C16H25BrN2O/c17-15-5-1-4-14(11-15)16(18)6-9-19-8-2-3-13(12-19)7-10-20/h1,4-5,11,13,16,20H,2-3,6-10,12,18H2. The van der Waals surface area contributed by atoms with Crippen LogP contribution in [0.1, 0.15) is 37.3 Å². The van der Waals surface area contributed by atoms with Crippen molar-refractivity contribution in [1.82, 2.24) is 4.90 Å². The normalized spacial score (nSPS) is 21.9. The van der Waals surface area contributed by atoms with E-state index >= 15 is 0 Å². The second-order valence-corrected chi connectivity index (χ2v) is 6.69. The summed E-state index contributed by atoms with van der Waals surface area (Å²) in [4.78, 5) is 2.50. The van der Waals surface area contributed by atoms with E-state index in [1.807, 2.05) is 12.1 Å². The van der Waals surface area contributed by atoms with Gasteiger partial charge in [0.2, 0.25) is 0 Å². The molecule has 4 heteroatoms. The minimum absolute atomic E-state index is 0.103. The number of rotatable bonds is 6. The quantitative estimate of drug-likeness (QED) is 0.836. The van der Waals surface area contributed by atoms with Gasteiger partial charge in [0.1, 0.15) is 0 Å². The number of aliphatic hydroxyl groups is 1. The van der Waals surface area contributed by atoms with Crippen LogP contribution in [0.2, 0.25) is 0 Å². The Morgan fingerprint density at radius 3 is 3.05 bits per heavy atom. The van der Waals surface area contributed by atoms with Gasteiger partial charge in [-0.2, -0.15) is 0 Å². The minimum atomic E-state index is 0.103. The van der Waals surface area contributed by atoms with Gasteiger partial charge in [-0.1, -0.05) is 28.1 Å². The Hall–Kier alpha value is -0.420. The van der Waals surface area contributed by atoms with Crippen LogP contribution in [-0.2, 0) is 0 Å². The number of benzene rings is 1. The molecule has 1 heterocycles. The molecule has 2 rings (SSSR count). The van der Waals surface area contributed by atoms with Crippen LogP contribution >= 0.6 is 15.9 Å². The van der Waals surface area contributed by atoms with Gasteiger partial charge in [-0.05, 0) is 62.4 Å². The highest BCUT2D eigenvalue weighted by molar-refractivity contribution is 9.10. The molecule has 112 valence electrons. The van der Waals surface area contributed by atoms with Gasteiger partial charge in [-0.3, -0.25) is 0 Å². The maximum atomic E-state index is 9.05. The smallest absolute Gasteiger partial charge is 0.0434 e. The first-order chi connectivity index (χ1) is 9.69. The molecule has 0 spiro atoms. The fraction of sp³-hybridized carbons (Fsp3) is 0.625. The third kappa shape index (κ3) is 4.85. The Labute approximate surface area is 130 Å². The second kappa shape index (κ2) is 8.13. The molecule has 0 saturated carbocycles. The average molecular weight is 341 g/mol. The molecule has 0 aromatic heterocycles. The molecule has 1 aromatic carbocycles. The second-order valence-electron chi connectivity index (χ2n) is 5.77. The van der Waals surface area contributed by atoms with Crippen LogP contribution in [0.15, 0.2) is 28.7 Å². The molecule has 0 bridgehead atoms. The van der Waals surface area contributed by atoms with Crippen molar-refractivity contribution in [2.24, 2.45) is 11.7 Å². The molecule has 1 aliphatic heterocycles. The molecule has 1 aliphatic rings. The van der Waals surface area contributed by atoms with E-state index in [1.165, 1.54) is 24.9 Å². The summed E-state index contributed by atoms with van der Waals surface area (Å²) in [6.07, 6.45) is 4.43. The van der Waals surface area contributed by atoms with Crippen LogP contribution in [0.3, 0.4) is 0 Å². The molecule has 3 N–H and O–H groups in total. The highest BCUT2D eigenvalue weighted by atomic mass is 79.9. The molecule has 1 saturated heterocycles. The Balaban J connectivity index is 1.79. The number of halogens is 1. The van der Waals surface area contributed by atoms with Crippen molar-refractivity contribution in [3.63, 3.8) is 0 Å². The van der Waals surface area contributed by atoms with Gasteiger partial charge in [0.05, 0.1) is 0 Å². The lowest BCUT2D eigenvalue weighted by Gasteiger charge is -2.33. The summed E-state index contributed by atoms with van der Waals surface area (Å²) in [5, 5.41) is 9.05. The van der Waals surface area contributed by atoms with E-state index in [9.17, 15) is 0 Å². The van der Waals surface area contributed by atoms with E-state index in [2.05, 4.69) is 33.0 Å². The summed E-state index contributed by atoms with van der Waals surface area (Å²) in [5.74, 6) is 0.663. The van der Waals surface area contributed by atoms with E-state index in [-0.39, 0.29) is 6.04 Å². The maximum Gasteiger partial charge on any atom is 0.0434 e. The van der Waals surface area contributed by atoms with Crippen molar-refractivity contribution in [3.8, 4) is 0 Å². The monoisotopic (exact) mass is 340 g/mol. The Morgan fingerprint density at radius 2 is 2.30 bits per heavy atom. The Morgan fingerprint density at radius 1 is 1.45 bits per heavy atom. The summed E-state index contributed by atoms with van der Waals surface area (Å²) in [6, 6.07) is 8.37. The zero-order valence-electron chi connectivity index (χ0n) is 12.0. The average Bonchev–Trinajstić information content (AvgIpc) is 2.45. The molecule has 2 unspecified atom stereocenters. The van der Waals surface area contributed by atoms with E-state index < -0.39 is 0 Å². The van der Waals surface area contributed by atoms with Crippen LogP contribution in [0.5, 0.6) is 0 Å². The van der Waals surface area contributed by atoms with Crippen LogP contribution in [0.25, 0.3) is 0 Å². The van der Waals surface area contributed by atoms with Crippen molar-refractivity contribution in [2.75, 3.05) is 26.2 Å². The molecule has 1 aromatic rings. The molecule has 20 heavy (non-hydrogen) atoms. The lowest BCUT2D eigenvalue weighted by molar-refractivity contribution is 0.144. The molecule has 0 amide bonds. The first kappa shape index (κ1) is 16.0. The highest BCUT2D eigenvalue weighted by Crippen LogP contribution is 2.22. The number of likely N-dealkylation sites (tertiary alicyclic amines) is 1. The molecule has 2 atom stereocenters. The largest absolute Gasteiger partial charge is 0.396 e. The number of hydrogen-bond donors (Lipinski definition) is 2.